The van der Waals surface area contributed by atoms with Gasteiger partial charge in [0.1, 0.15) is 35.7 Å². The van der Waals surface area contributed by atoms with Gasteiger partial charge >= 0.3 is 6.01 Å². The third-order valence-corrected chi connectivity index (χ3v) is 9.16. The van der Waals surface area contributed by atoms with Crippen molar-refractivity contribution in [3.63, 3.8) is 0 Å². The van der Waals surface area contributed by atoms with E-state index < -0.39 is 34.7 Å². The van der Waals surface area contributed by atoms with Crippen LogP contribution in [0.4, 0.5) is 23.4 Å². The first-order chi connectivity index (χ1) is 21.3. The number of fused-ring (bicyclic) bond motifs is 3. The molecule has 7 nitrogen and oxygen atoms in total. The highest BCUT2D eigenvalue weighted by Gasteiger charge is 2.49. The van der Waals surface area contributed by atoms with Gasteiger partial charge in [-0.25, -0.2) is 23.0 Å². The van der Waals surface area contributed by atoms with Gasteiger partial charge in [-0.2, -0.15) is 9.97 Å². The number of benzene rings is 3. The molecule has 0 unspecified atom stereocenters. The summed E-state index contributed by atoms with van der Waals surface area (Å²) in [6, 6.07) is 6.07. The molecule has 3 aliphatic heterocycles. The van der Waals surface area contributed by atoms with E-state index in [9.17, 15) is 13.9 Å². The molecule has 3 aliphatic rings. The Labute approximate surface area is 251 Å². The predicted octanol–water partition coefficient (Wildman–Crippen LogP) is 6.00. The summed E-state index contributed by atoms with van der Waals surface area (Å²) in [5.41, 5.74) is 1.78. The first-order valence-corrected chi connectivity index (χ1v) is 14.9. The van der Waals surface area contributed by atoms with Crippen molar-refractivity contribution in [3.05, 3.63) is 53.3 Å². The summed E-state index contributed by atoms with van der Waals surface area (Å²) in [5, 5.41) is 12.7. The van der Waals surface area contributed by atoms with Crippen LogP contribution in [0.3, 0.4) is 0 Å². The quantitative estimate of drug-likeness (QED) is 0.214. The number of alkyl halides is 1. The fourth-order valence-electron chi connectivity index (χ4n) is 7.13. The number of hydrogen-bond donors (Lipinski definition) is 2. The molecule has 3 fully saturated rings. The van der Waals surface area contributed by atoms with Gasteiger partial charge in [-0.3, -0.25) is 9.91 Å². The second kappa shape index (κ2) is 11.1. The minimum Gasteiger partial charge on any atom is -0.508 e. The molecule has 0 saturated carbocycles. The largest absolute Gasteiger partial charge is 0.508 e. The minimum absolute atomic E-state index is 0.0878. The number of rotatable bonds is 5. The van der Waals surface area contributed by atoms with Gasteiger partial charge in [0.05, 0.1) is 22.1 Å². The number of nitrogens with zero attached hydrogens (tertiary/aromatic N) is 4. The SMILES string of the molecule is C#Cc1c(F)ccc2cc(O)cc(-c3c(F)cc4c(N5CCCCCN5)nc(OC[C@@]56CCCN5C[C@H](F)C6)nc4c3F)c12. The van der Waals surface area contributed by atoms with Crippen LogP contribution in [0.5, 0.6) is 11.8 Å². The van der Waals surface area contributed by atoms with Gasteiger partial charge < -0.3 is 9.84 Å². The number of anilines is 1. The standard InChI is InChI=1S/C33H31F4N5O2/c1-2-22-25(35)8-7-19-13-21(43)14-23(27(19)22)28-26(36)15-24-30(29(28)37)39-32(40-31(24)42-12-5-3-4-10-38-42)44-18-33-9-6-11-41(33)17-20(34)16-33/h1,7-8,13-15,20,38,43H,3-6,9-12,16-18H2/t20-,33+/m1/s1. The molecule has 4 heterocycles. The van der Waals surface area contributed by atoms with Crippen molar-refractivity contribution in [3.8, 4) is 35.2 Å². The maximum absolute atomic E-state index is 16.7. The molecule has 3 saturated heterocycles. The molecule has 44 heavy (non-hydrogen) atoms. The Morgan fingerprint density at radius 1 is 1.07 bits per heavy atom. The number of halogens is 4. The molecule has 0 spiro atoms. The Morgan fingerprint density at radius 3 is 2.77 bits per heavy atom. The zero-order valence-corrected chi connectivity index (χ0v) is 24.0. The lowest BCUT2D eigenvalue weighted by Gasteiger charge is -2.31. The number of ether oxygens (including phenoxy) is 1. The summed E-state index contributed by atoms with van der Waals surface area (Å²) in [6.07, 6.45) is 9.43. The summed E-state index contributed by atoms with van der Waals surface area (Å²) in [7, 11) is 0. The van der Waals surface area contributed by atoms with Crippen LogP contribution < -0.4 is 15.2 Å². The molecule has 2 N–H and O–H groups in total. The normalized spacial score (nSPS) is 22.3. The summed E-state index contributed by atoms with van der Waals surface area (Å²) >= 11 is 0. The van der Waals surface area contributed by atoms with E-state index in [1.54, 1.807) is 5.01 Å². The first-order valence-electron chi connectivity index (χ1n) is 14.9. The fourth-order valence-corrected chi connectivity index (χ4v) is 7.13. The van der Waals surface area contributed by atoms with E-state index >= 15 is 8.78 Å². The number of hydrogen-bond acceptors (Lipinski definition) is 7. The van der Waals surface area contributed by atoms with E-state index in [4.69, 9.17) is 11.2 Å². The molecule has 0 amide bonds. The van der Waals surface area contributed by atoms with Crippen molar-refractivity contribution in [2.75, 3.05) is 37.8 Å². The van der Waals surface area contributed by atoms with Gasteiger partial charge in [-0.05, 0) is 61.9 Å². The monoisotopic (exact) mass is 605 g/mol. The van der Waals surface area contributed by atoms with Crippen LogP contribution in [0.1, 0.15) is 44.1 Å². The van der Waals surface area contributed by atoms with Crippen molar-refractivity contribution >= 4 is 27.5 Å². The lowest BCUT2D eigenvalue weighted by molar-refractivity contribution is 0.107. The maximum atomic E-state index is 16.7. The predicted molar refractivity (Wildman–Crippen MR) is 160 cm³/mol. The lowest BCUT2D eigenvalue weighted by atomic mass is 9.92. The molecule has 11 heteroatoms. The highest BCUT2D eigenvalue weighted by molar-refractivity contribution is 6.04. The zero-order chi connectivity index (χ0) is 30.6. The molecule has 228 valence electrons. The Balaban J connectivity index is 1.41. The lowest BCUT2D eigenvalue weighted by Crippen LogP contribution is -2.43. The van der Waals surface area contributed by atoms with Crippen LogP contribution in [0.2, 0.25) is 0 Å². The van der Waals surface area contributed by atoms with Crippen LogP contribution in [0.25, 0.3) is 32.8 Å². The molecule has 0 aliphatic carbocycles. The number of phenols is 1. The average Bonchev–Trinajstić information content (AvgIpc) is 3.38. The van der Waals surface area contributed by atoms with Crippen LogP contribution in [0, 0.1) is 29.8 Å². The van der Waals surface area contributed by atoms with Crippen molar-refractivity contribution < 1.29 is 27.4 Å². The molecule has 4 aromatic rings. The van der Waals surface area contributed by atoms with E-state index in [0.717, 1.165) is 56.8 Å². The van der Waals surface area contributed by atoms with Crippen molar-refractivity contribution in [2.24, 2.45) is 0 Å². The van der Waals surface area contributed by atoms with Gasteiger partial charge in [0.2, 0.25) is 0 Å². The van der Waals surface area contributed by atoms with Crippen molar-refractivity contribution in [1.29, 1.82) is 0 Å². The number of phenolic OH excluding ortho intramolecular Hbond substituents is 1. The highest BCUT2D eigenvalue weighted by Crippen LogP contribution is 2.43. The topological polar surface area (TPSA) is 73.8 Å². The van der Waals surface area contributed by atoms with Crippen LogP contribution >= 0.6 is 0 Å². The maximum Gasteiger partial charge on any atom is 0.319 e. The van der Waals surface area contributed by atoms with Gasteiger partial charge in [-0.1, -0.05) is 18.4 Å². The average molecular weight is 606 g/mol. The van der Waals surface area contributed by atoms with E-state index in [-0.39, 0.29) is 51.6 Å². The summed E-state index contributed by atoms with van der Waals surface area (Å²) in [4.78, 5) is 11.1. The Morgan fingerprint density at radius 2 is 1.93 bits per heavy atom. The zero-order valence-electron chi connectivity index (χ0n) is 24.0. The van der Waals surface area contributed by atoms with Crippen LogP contribution in [0.15, 0.2) is 30.3 Å². The number of hydrazine groups is 1. The molecule has 1 aromatic heterocycles. The third kappa shape index (κ3) is 4.77. The molecule has 3 aromatic carbocycles. The molecule has 0 bridgehead atoms. The number of terminal acetylenes is 1. The van der Waals surface area contributed by atoms with Crippen LogP contribution in [-0.4, -0.2) is 64.5 Å². The van der Waals surface area contributed by atoms with E-state index in [1.807, 2.05) is 0 Å². The van der Waals surface area contributed by atoms with Crippen molar-refractivity contribution in [1.82, 2.24) is 20.3 Å². The van der Waals surface area contributed by atoms with Gasteiger partial charge in [0.25, 0.3) is 0 Å². The molecule has 7 rings (SSSR count). The van der Waals surface area contributed by atoms with Gasteiger partial charge in [0.15, 0.2) is 11.6 Å². The smallest absolute Gasteiger partial charge is 0.319 e. The van der Waals surface area contributed by atoms with Crippen LogP contribution in [-0.2, 0) is 0 Å². The molecule has 2 atom stereocenters. The Bertz CT molecular complexity index is 1820. The van der Waals surface area contributed by atoms with Gasteiger partial charge in [0, 0.05) is 37.0 Å². The van der Waals surface area contributed by atoms with Crippen molar-refractivity contribution in [2.45, 2.75) is 50.2 Å². The highest BCUT2D eigenvalue weighted by atomic mass is 19.1. The fraction of sp³-hybridized carbons (Fsp3) is 0.394. The third-order valence-electron chi connectivity index (χ3n) is 9.16. The second-order valence-corrected chi connectivity index (χ2v) is 11.9. The second-order valence-electron chi connectivity index (χ2n) is 11.9. The van der Waals surface area contributed by atoms with Gasteiger partial charge in [-0.15, -0.1) is 6.42 Å². The summed E-state index contributed by atoms with van der Waals surface area (Å²) < 4.78 is 68.1. The van der Waals surface area contributed by atoms with E-state index in [2.05, 4.69) is 26.2 Å². The van der Waals surface area contributed by atoms with E-state index in [1.165, 1.54) is 12.1 Å². The molecule has 0 radical (unpaired) electrons. The summed E-state index contributed by atoms with van der Waals surface area (Å²) in [6.45, 7) is 2.45. The number of aromatic nitrogens is 2. The van der Waals surface area contributed by atoms with E-state index in [0.29, 0.717) is 31.4 Å². The first kappa shape index (κ1) is 28.6. The Hall–Kier alpha value is -4.14. The molecular formula is C33H31F4N5O2. The Kier molecular flexibility index (Phi) is 7.22. The molecular weight excluding hydrogens is 574 g/mol. The minimum atomic E-state index is -1.03. The number of aromatic hydroxyl groups is 1. The summed E-state index contributed by atoms with van der Waals surface area (Å²) in [5.74, 6) is -0.460. The number of nitrogens with one attached hydrogen (secondary N) is 1.